The van der Waals surface area contributed by atoms with Gasteiger partial charge in [-0.25, -0.2) is 8.42 Å². The molecule has 31 heavy (non-hydrogen) atoms. The first kappa shape index (κ1) is 23.7. The first-order chi connectivity index (χ1) is 14.9. The lowest BCUT2D eigenvalue weighted by Gasteiger charge is -2.26. The van der Waals surface area contributed by atoms with Gasteiger partial charge in [-0.15, -0.1) is 0 Å². The monoisotopic (exact) mass is 542 g/mol. The number of hydrogen-bond donors (Lipinski definition) is 1. The number of ether oxygens (including phenoxy) is 1. The molecule has 0 amide bonds. The molecule has 0 atom stereocenters. The van der Waals surface area contributed by atoms with E-state index in [0.29, 0.717) is 45.7 Å². The summed E-state index contributed by atoms with van der Waals surface area (Å²) in [5.74, 6) is 0.714. The molecule has 0 aliphatic heterocycles. The van der Waals surface area contributed by atoms with Crippen molar-refractivity contribution in [2.45, 2.75) is 4.90 Å². The van der Waals surface area contributed by atoms with E-state index in [2.05, 4.69) is 21.2 Å². The van der Waals surface area contributed by atoms with Crippen molar-refractivity contribution in [1.82, 2.24) is 0 Å². The molecule has 1 N–H and O–H groups in total. The Hall–Kier alpha value is -1.93. The molecule has 9 heteroatoms. The number of nitrogens with one attached hydrogen (secondary N) is 1. The van der Waals surface area contributed by atoms with Crippen LogP contribution in [0.25, 0.3) is 0 Å². The molecule has 0 heterocycles. The zero-order valence-electron chi connectivity index (χ0n) is 16.5. The number of halogens is 3. The molecular weight excluding hydrogens is 523 g/mol. The molecule has 0 bridgehead atoms. The van der Waals surface area contributed by atoms with Crippen molar-refractivity contribution in [3.05, 3.63) is 82.8 Å². The average molecular weight is 544 g/mol. The summed E-state index contributed by atoms with van der Waals surface area (Å²) in [5, 5.41) is 4.88. The first-order valence-electron chi connectivity index (χ1n) is 9.47. The van der Waals surface area contributed by atoms with E-state index in [1.54, 1.807) is 42.5 Å². The SMILES string of the molecule is O=S(=O)(c1ccc(Cl)cc1)N(CCBr)c1ccccc1NCCOc1ccc(Cl)cc1. The van der Waals surface area contributed by atoms with E-state index >= 15 is 0 Å². The summed E-state index contributed by atoms with van der Waals surface area (Å²) in [6.45, 7) is 1.16. The van der Waals surface area contributed by atoms with E-state index in [0.717, 1.165) is 0 Å². The summed E-state index contributed by atoms with van der Waals surface area (Å²) >= 11 is 15.2. The Morgan fingerprint density at radius 3 is 2.16 bits per heavy atom. The molecule has 0 aromatic heterocycles. The van der Waals surface area contributed by atoms with E-state index in [1.807, 2.05) is 18.2 Å². The molecule has 0 saturated carbocycles. The van der Waals surface area contributed by atoms with Crippen LogP contribution in [0.1, 0.15) is 0 Å². The number of alkyl halides is 1. The van der Waals surface area contributed by atoms with Crippen molar-refractivity contribution in [3.8, 4) is 5.75 Å². The maximum Gasteiger partial charge on any atom is 0.264 e. The van der Waals surface area contributed by atoms with Gasteiger partial charge in [-0.3, -0.25) is 4.31 Å². The van der Waals surface area contributed by atoms with Gasteiger partial charge in [0.2, 0.25) is 0 Å². The fourth-order valence-electron chi connectivity index (χ4n) is 2.91. The number of hydrogen-bond acceptors (Lipinski definition) is 4. The quantitative estimate of drug-likeness (QED) is 0.249. The van der Waals surface area contributed by atoms with Gasteiger partial charge in [0.05, 0.1) is 16.3 Å². The van der Waals surface area contributed by atoms with Crippen LogP contribution < -0.4 is 14.4 Å². The van der Waals surface area contributed by atoms with Crippen LogP contribution in [0, 0.1) is 0 Å². The van der Waals surface area contributed by atoms with Crippen LogP contribution >= 0.6 is 39.1 Å². The molecule has 0 aliphatic carbocycles. The predicted octanol–water partition coefficient (Wildman–Crippen LogP) is 6.07. The lowest BCUT2D eigenvalue weighted by Crippen LogP contribution is -2.33. The van der Waals surface area contributed by atoms with E-state index in [9.17, 15) is 8.42 Å². The van der Waals surface area contributed by atoms with Gasteiger partial charge in [0, 0.05) is 28.5 Å². The topological polar surface area (TPSA) is 58.6 Å². The number of nitrogens with zero attached hydrogens (tertiary/aromatic N) is 1. The van der Waals surface area contributed by atoms with Gasteiger partial charge in [0.15, 0.2) is 0 Å². The molecule has 3 aromatic rings. The highest BCUT2D eigenvalue weighted by Crippen LogP contribution is 2.31. The van der Waals surface area contributed by atoms with Crippen LogP contribution in [0.15, 0.2) is 77.7 Å². The highest BCUT2D eigenvalue weighted by atomic mass is 79.9. The van der Waals surface area contributed by atoms with Gasteiger partial charge in [-0.1, -0.05) is 51.3 Å². The summed E-state index contributed by atoms with van der Waals surface area (Å²) in [5.41, 5.74) is 1.25. The minimum atomic E-state index is -3.77. The second-order valence-electron chi connectivity index (χ2n) is 6.47. The van der Waals surface area contributed by atoms with Gasteiger partial charge in [0.25, 0.3) is 10.0 Å². The molecule has 0 radical (unpaired) electrons. The lowest BCUT2D eigenvalue weighted by atomic mass is 10.2. The van der Waals surface area contributed by atoms with Crippen LogP contribution in [0.2, 0.25) is 10.0 Å². The van der Waals surface area contributed by atoms with E-state index in [-0.39, 0.29) is 11.4 Å². The summed E-state index contributed by atoms with van der Waals surface area (Å²) in [6.07, 6.45) is 0. The van der Waals surface area contributed by atoms with Crippen molar-refractivity contribution in [2.75, 3.05) is 34.6 Å². The minimum absolute atomic E-state index is 0.179. The molecule has 5 nitrogen and oxygen atoms in total. The predicted molar refractivity (Wildman–Crippen MR) is 132 cm³/mol. The molecule has 0 fully saturated rings. The number of rotatable bonds is 10. The Labute approximate surface area is 201 Å². The van der Waals surface area contributed by atoms with Gasteiger partial charge >= 0.3 is 0 Å². The Bertz CT molecular complexity index is 1090. The third-order valence-corrected chi connectivity index (χ3v) is 7.05. The molecular formula is C22H21BrCl2N2O3S. The van der Waals surface area contributed by atoms with Crippen LogP contribution in [-0.2, 0) is 10.0 Å². The van der Waals surface area contributed by atoms with E-state index in [4.69, 9.17) is 27.9 Å². The maximum absolute atomic E-state index is 13.3. The van der Waals surface area contributed by atoms with Crippen LogP contribution in [-0.4, -0.2) is 33.4 Å². The fraction of sp³-hybridized carbons (Fsp3) is 0.182. The Morgan fingerprint density at radius 2 is 1.52 bits per heavy atom. The zero-order valence-corrected chi connectivity index (χ0v) is 20.4. The highest BCUT2D eigenvalue weighted by molar-refractivity contribution is 9.09. The summed E-state index contributed by atoms with van der Waals surface area (Å²) in [4.78, 5) is 0.179. The molecule has 0 spiro atoms. The Kier molecular flexibility index (Phi) is 8.49. The van der Waals surface area contributed by atoms with E-state index in [1.165, 1.54) is 16.4 Å². The van der Waals surface area contributed by atoms with Crippen molar-refractivity contribution < 1.29 is 13.2 Å². The molecule has 0 unspecified atom stereocenters. The summed E-state index contributed by atoms with van der Waals surface area (Å²) in [6, 6.07) is 20.6. The summed E-state index contributed by atoms with van der Waals surface area (Å²) in [7, 11) is -3.77. The maximum atomic E-state index is 13.3. The second kappa shape index (κ2) is 11.1. The fourth-order valence-corrected chi connectivity index (χ4v) is 5.23. The summed E-state index contributed by atoms with van der Waals surface area (Å²) < 4.78 is 33.7. The number of anilines is 2. The third-order valence-electron chi connectivity index (χ3n) is 4.36. The molecule has 3 rings (SSSR count). The first-order valence-corrected chi connectivity index (χ1v) is 12.8. The van der Waals surface area contributed by atoms with Gasteiger partial charge in [-0.2, -0.15) is 0 Å². The second-order valence-corrected chi connectivity index (χ2v) is 9.99. The normalized spacial score (nSPS) is 11.2. The standard InChI is InChI=1S/C22H21BrCl2N2O3S/c23-13-15-27(31(28,29)20-11-7-18(25)8-12-20)22-4-2-1-3-21(22)26-14-16-30-19-9-5-17(24)6-10-19/h1-12,26H,13-16H2. The third kappa shape index (κ3) is 6.29. The number of para-hydroxylation sites is 2. The molecule has 164 valence electrons. The van der Waals surface area contributed by atoms with Gasteiger partial charge < -0.3 is 10.1 Å². The Morgan fingerprint density at radius 1 is 0.903 bits per heavy atom. The van der Waals surface area contributed by atoms with Crippen molar-refractivity contribution in [2.24, 2.45) is 0 Å². The number of sulfonamides is 1. The van der Waals surface area contributed by atoms with Crippen molar-refractivity contribution in [3.63, 3.8) is 0 Å². The van der Waals surface area contributed by atoms with Crippen LogP contribution in [0.3, 0.4) is 0 Å². The minimum Gasteiger partial charge on any atom is -0.492 e. The van der Waals surface area contributed by atoms with Gasteiger partial charge in [-0.05, 0) is 60.7 Å². The van der Waals surface area contributed by atoms with Crippen molar-refractivity contribution in [1.29, 1.82) is 0 Å². The molecule has 3 aromatic carbocycles. The molecule has 0 saturated heterocycles. The average Bonchev–Trinajstić information content (AvgIpc) is 2.77. The smallest absolute Gasteiger partial charge is 0.264 e. The lowest BCUT2D eigenvalue weighted by molar-refractivity contribution is 0.333. The van der Waals surface area contributed by atoms with Crippen LogP contribution in [0.5, 0.6) is 5.75 Å². The van der Waals surface area contributed by atoms with Gasteiger partial charge in [0.1, 0.15) is 12.4 Å². The molecule has 0 aliphatic rings. The van der Waals surface area contributed by atoms with Crippen molar-refractivity contribution >= 4 is 60.5 Å². The zero-order chi connectivity index (χ0) is 22.3. The number of benzene rings is 3. The largest absolute Gasteiger partial charge is 0.492 e. The van der Waals surface area contributed by atoms with E-state index < -0.39 is 10.0 Å². The Balaban J connectivity index is 1.76. The highest BCUT2D eigenvalue weighted by Gasteiger charge is 2.26. The van der Waals surface area contributed by atoms with Crippen LogP contribution in [0.4, 0.5) is 11.4 Å².